The van der Waals surface area contributed by atoms with Crippen molar-refractivity contribution in [1.29, 1.82) is 0 Å². The molecule has 0 aliphatic carbocycles. The second-order valence-corrected chi connectivity index (χ2v) is 18.7. The van der Waals surface area contributed by atoms with E-state index in [1.165, 1.54) is 25.9 Å². The fraction of sp³-hybridized carbons (Fsp3) is 0.875. The Morgan fingerprint density at radius 3 is 2.22 bits per heavy atom. The normalized spacial score (nSPS) is 22.4. The van der Waals surface area contributed by atoms with E-state index in [0.717, 1.165) is 25.8 Å². The predicted molar refractivity (Wildman–Crippen MR) is 99.0 cm³/mol. The van der Waals surface area contributed by atoms with E-state index in [2.05, 4.69) is 24.1 Å². The van der Waals surface area contributed by atoms with Gasteiger partial charge in [-0.05, 0) is 0 Å². The van der Waals surface area contributed by atoms with Gasteiger partial charge in [-0.3, -0.25) is 0 Å². The van der Waals surface area contributed by atoms with Crippen LogP contribution < -0.4 is 5.32 Å². The van der Waals surface area contributed by atoms with Crippen molar-refractivity contribution >= 4 is 37.6 Å². The first-order valence-corrected chi connectivity index (χ1v) is 14.6. The number of carbonyl (C=O) groups is 2. The molecule has 1 spiro atoms. The third-order valence-corrected chi connectivity index (χ3v) is 17.7. The van der Waals surface area contributed by atoms with Crippen LogP contribution in [0.2, 0.25) is 21.0 Å². The molecule has 2 aliphatic rings. The molecule has 2 fully saturated rings. The van der Waals surface area contributed by atoms with Crippen molar-refractivity contribution in [3.05, 3.63) is 0 Å². The molecule has 0 aromatic rings. The zero-order chi connectivity index (χ0) is 16.4. The Kier molecular flexibility index (Phi) is 7.42. The number of nitrogens with zero attached hydrogens (tertiary/aromatic N) is 2. The number of amides is 3. The molecule has 0 radical (unpaired) electrons. The smallest absolute Gasteiger partial charge is 0.147 e. The van der Waals surface area contributed by atoms with E-state index in [1.807, 2.05) is 14.1 Å². The Bertz CT molecular complexity index is 431. The Balaban J connectivity index is 0.00000264. The minimum absolute atomic E-state index is 0. The van der Waals surface area contributed by atoms with Crippen LogP contribution >= 0.6 is 12.4 Å². The average molecular weight is 407 g/mol. The molecular formula is C16H32ClGeN3O2. The third-order valence-electron chi connectivity index (χ3n) is 5.90. The number of hydrogen-bond donors (Lipinski definition) is 1. The SMILES string of the molecule is C[CH2][Ge]1([CH2]C)[CH2]CC2(C[CH2]1)NC(=O)N(CCCN(C)C)C2=O.Cl. The maximum absolute atomic E-state index is 12.8. The molecule has 2 aliphatic heterocycles. The summed E-state index contributed by atoms with van der Waals surface area (Å²) in [4.78, 5) is 28.6. The van der Waals surface area contributed by atoms with Crippen molar-refractivity contribution in [2.45, 2.75) is 59.7 Å². The Labute approximate surface area is 149 Å². The molecule has 0 aromatic carbocycles. The van der Waals surface area contributed by atoms with Gasteiger partial charge >= 0.3 is 137 Å². The Hall–Kier alpha value is -0.267. The van der Waals surface area contributed by atoms with Gasteiger partial charge in [0.1, 0.15) is 0 Å². The molecule has 0 unspecified atom stereocenters. The van der Waals surface area contributed by atoms with Gasteiger partial charge in [-0.15, -0.1) is 12.4 Å². The monoisotopic (exact) mass is 407 g/mol. The van der Waals surface area contributed by atoms with Gasteiger partial charge in [0.05, 0.1) is 0 Å². The summed E-state index contributed by atoms with van der Waals surface area (Å²) in [5.74, 6) is 0.0412. The average Bonchev–Trinajstić information content (AvgIpc) is 2.73. The van der Waals surface area contributed by atoms with E-state index in [4.69, 9.17) is 0 Å². The van der Waals surface area contributed by atoms with Gasteiger partial charge in [0.25, 0.3) is 0 Å². The van der Waals surface area contributed by atoms with Crippen molar-refractivity contribution in [2.24, 2.45) is 0 Å². The van der Waals surface area contributed by atoms with Gasteiger partial charge in [0, 0.05) is 0 Å². The molecule has 23 heavy (non-hydrogen) atoms. The van der Waals surface area contributed by atoms with Crippen molar-refractivity contribution in [3.63, 3.8) is 0 Å². The molecule has 3 amide bonds. The Morgan fingerprint density at radius 2 is 1.74 bits per heavy atom. The summed E-state index contributed by atoms with van der Waals surface area (Å²) >= 11 is -1.70. The molecule has 0 bridgehead atoms. The van der Waals surface area contributed by atoms with E-state index in [-0.39, 0.29) is 24.3 Å². The Morgan fingerprint density at radius 1 is 1.17 bits per heavy atom. The van der Waals surface area contributed by atoms with Crippen LogP contribution in [0.4, 0.5) is 4.79 Å². The number of imide groups is 1. The molecule has 7 heteroatoms. The molecule has 1 N–H and O–H groups in total. The first-order chi connectivity index (χ1) is 10.4. The van der Waals surface area contributed by atoms with Crippen LogP contribution in [0.25, 0.3) is 0 Å². The second-order valence-electron chi connectivity index (χ2n) is 7.33. The summed E-state index contributed by atoms with van der Waals surface area (Å²) in [7, 11) is 4.02. The van der Waals surface area contributed by atoms with E-state index < -0.39 is 18.8 Å². The molecule has 2 heterocycles. The fourth-order valence-corrected chi connectivity index (χ4v) is 12.5. The van der Waals surface area contributed by atoms with Gasteiger partial charge in [0.2, 0.25) is 0 Å². The zero-order valence-corrected chi connectivity index (χ0v) is 17.9. The van der Waals surface area contributed by atoms with Crippen molar-refractivity contribution in [3.8, 4) is 0 Å². The first-order valence-electron chi connectivity index (χ1n) is 8.67. The van der Waals surface area contributed by atoms with Gasteiger partial charge in [-0.25, -0.2) is 0 Å². The first kappa shape index (κ1) is 20.8. The van der Waals surface area contributed by atoms with Crippen LogP contribution in [-0.4, -0.2) is 67.7 Å². The number of halogens is 1. The van der Waals surface area contributed by atoms with Crippen LogP contribution in [0.15, 0.2) is 0 Å². The number of rotatable bonds is 6. The summed E-state index contributed by atoms with van der Waals surface area (Å²) < 4.78 is 0. The van der Waals surface area contributed by atoms with Crippen molar-refractivity contribution < 1.29 is 9.59 Å². The molecule has 5 nitrogen and oxygen atoms in total. The van der Waals surface area contributed by atoms with Crippen LogP contribution in [0.5, 0.6) is 0 Å². The summed E-state index contributed by atoms with van der Waals surface area (Å²) in [5.41, 5.74) is -0.561. The van der Waals surface area contributed by atoms with Crippen molar-refractivity contribution in [1.82, 2.24) is 15.1 Å². The van der Waals surface area contributed by atoms with Gasteiger partial charge in [-0.1, -0.05) is 0 Å². The van der Waals surface area contributed by atoms with E-state index in [0.29, 0.717) is 6.54 Å². The quantitative estimate of drug-likeness (QED) is 0.545. The maximum atomic E-state index is 12.8. The van der Waals surface area contributed by atoms with Gasteiger partial charge < -0.3 is 0 Å². The number of urea groups is 1. The minimum Gasteiger partial charge on any atom is -0.147 e. The largest absolute Gasteiger partial charge is 0.147 e. The number of nitrogens with one attached hydrogen (secondary N) is 1. The van der Waals surface area contributed by atoms with Crippen LogP contribution in [0.1, 0.15) is 33.1 Å². The molecule has 0 aromatic heterocycles. The summed E-state index contributed by atoms with van der Waals surface area (Å²) in [6.07, 6.45) is 2.60. The van der Waals surface area contributed by atoms with E-state index in [9.17, 15) is 9.59 Å². The maximum Gasteiger partial charge on any atom is -0.147 e. The van der Waals surface area contributed by atoms with Gasteiger partial charge in [-0.2, -0.15) is 0 Å². The minimum atomic E-state index is -1.70. The molecule has 0 saturated carbocycles. The summed E-state index contributed by atoms with van der Waals surface area (Å²) in [6, 6.07) is -0.170. The van der Waals surface area contributed by atoms with Crippen LogP contribution in [-0.2, 0) is 4.79 Å². The van der Waals surface area contributed by atoms with Crippen LogP contribution in [0, 0.1) is 0 Å². The summed E-state index contributed by atoms with van der Waals surface area (Å²) in [5, 5.41) is 8.20. The number of carbonyl (C=O) groups excluding carboxylic acids is 2. The molecule has 2 saturated heterocycles. The summed E-state index contributed by atoms with van der Waals surface area (Å²) in [6.45, 7) is 6.08. The third kappa shape index (κ3) is 4.23. The van der Waals surface area contributed by atoms with Gasteiger partial charge in [0.15, 0.2) is 0 Å². The van der Waals surface area contributed by atoms with Crippen molar-refractivity contribution in [2.75, 3.05) is 27.2 Å². The van der Waals surface area contributed by atoms with E-state index >= 15 is 0 Å². The molecule has 2 rings (SSSR count). The molecular weight excluding hydrogens is 374 g/mol. The molecule has 0 atom stereocenters. The standard InChI is InChI=1S/C16H31GeN3O2.ClH/c1-5-17(6-2)10-8-16(9-11-17)14(21)20(15(22)18-16)13-7-12-19(3)4;/h5-13H2,1-4H3,(H,18,22);1H. The predicted octanol–water partition coefficient (Wildman–Crippen LogP) is 2.93. The fourth-order valence-electron chi connectivity index (χ4n) is 3.93. The van der Waals surface area contributed by atoms with E-state index in [1.54, 1.807) is 0 Å². The molecule has 134 valence electrons. The topological polar surface area (TPSA) is 52.7 Å². The second kappa shape index (κ2) is 8.21. The van der Waals surface area contributed by atoms with Crippen LogP contribution in [0.3, 0.4) is 0 Å². The zero-order valence-electron chi connectivity index (χ0n) is 15.0. The number of hydrogen-bond acceptors (Lipinski definition) is 3.